The van der Waals surface area contributed by atoms with E-state index in [4.69, 9.17) is 5.73 Å². The van der Waals surface area contributed by atoms with Gasteiger partial charge in [0.1, 0.15) is 0 Å². The fourth-order valence-corrected chi connectivity index (χ4v) is 1.92. The number of nitrogens with two attached hydrogens (primary N) is 1. The van der Waals surface area contributed by atoms with Crippen molar-refractivity contribution < 1.29 is 0 Å². The van der Waals surface area contributed by atoms with E-state index in [1.807, 2.05) is 13.8 Å². The Morgan fingerprint density at radius 1 is 1.47 bits per heavy atom. The lowest BCUT2D eigenvalue weighted by atomic mass is 9.98. The topological polar surface area (TPSA) is 58.9 Å². The van der Waals surface area contributed by atoms with Gasteiger partial charge in [0.15, 0.2) is 0 Å². The number of aryl methyl sites for hydroxylation is 2. The molecule has 0 aliphatic heterocycles. The molecule has 0 radical (unpaired) electrons. The number of nitrogens with one attached hydrogen (secondary N) is 1. The summed E-state index contributed by atoms with van der Waals surface area (Å²) >= 11 is 0. The van der Waals surface area contributed by atoms with E-state index in [2.05, 4.69) is 11.9 Å². The Kier molecular flexibility index (Phi) is 4.09. The SMILES string of the molecule is CCCC(N)Cc1c(C)cc(=O)[nH]c1C. The molecule has 1 heterocycles. The maximum atomic E-state index is 11.2. The number of H-pyrrole nitrogens is 1. The summed E-state index contributed by atoms with van der Waals surface area (Å²) < 4.78 is 0. The molecule has 15 heavy (non-hydrogen) atoms. The molecule has 0 bridgehead atoms. The molecule has 1 atom stereocenters. The van der Waals surface area contributed by atoms with Crippen molar-refractivity contribution in [2.45, 2.75) is 46.1 Å². The number of rotatable bonds is 4. The van der Waals surface area contributed by atoms with Gasteiger partial charge in [0.05, 0.1) is 0 Å². The summed E-state index contributed by atoms with van der Waals surface area (Å²) in [5.74, 6) is 0. The van der Waals surface area contributed by atoms with Crippen LogP contribution in [0.25, 0.3) is 0 Å². The van der Waals surface area contributed by atoms with Crippen molar-refractivity contribution in [3.05, 3.63) is 33.2 Å². The molecule has 1 aromatic heterocycles. The van der Waals surface area contributed by atoms with Gasteiger partial charge in [0.25, 0.3) is 0 Å². The van der Waals surface area contributed by atoms with Crippen LogP contribution in [0.15, 0.2) is 10.9 Å². The van der Waals surface area contributed by atoms with E-state index < -0.39 is 0 Å². The second-order valence-corrected chi connectivity index (χ2v) is 4.17. The van der Waals surface area contributed by atoms with E-state index in [0.29, 0.717) is 0 Å². The van der Waals surface area contributed by atoms with Gasteiger partial charge in [-0.2, -0.15) is 0 Å². The monoisotopic (exact) mass is 208 g/mol. The third-order valence-electron chi connectivity index (χ3n) is 2.71. The summed E-state index contributed by atoms with van der Waals surface area (Å²) in [6.45, 7) is 6.03. The zero-order valence-electron chi connectivity index (χ0n) is 9.76. The molecule has 0 fully saturated rings. The quantitative estimate of drug-likeness (QED) is 0.790. The molecule has 1 unspecified atom stereocenters. The van der Waals surface area contributed by atoms with E-state index >= 15 is 0 Å². The Labute approximate surface area is 90.7 Å². The molecule has 1 rings (SSSR count). The summed E-state index contributed by atoms with van der Waals surface area (Å²) in [5, 5.41) is 0. The van der Waals surface area contributed by atoms with Crippen LogP contribution in [0, 0.1) is 13.8 Å². The molecule has 0 amide bonds. The average Bonchev–Trinajstić information content (AvgIpc) is 2.11. The van der Waals surface area contributed by atoms with Gasteiger partial charge in [-0.05, 0) is 37.8 Å². The van der Waals surface area contributed by atoms with Crippen molar-refractivity contribution in [1.82, 2.24) is 4.98 Å². The Hall–Kier alpha value is -1.09. The molecule has 84 valence electrons. The minimum Gasteiger partial charge on any atom is -0.327 e. The maximum absolute atomic E-state index is 11.2. The van der Waals surface area contributed by atoms with Crippen LogP contribution in [0.5, 0.6) is 0 Å². The van der Waals surface area contributed by atoms with Crippen molar-refractivity contribution in [2.75, 3.05) is 0 Å². The van der Waals surface area contributed by atoms with Gasteiger partial charge in [0, 0.05) is 17.8 Å². The van der Waals surface area contributed by atoms with Crippen molar-refractivity contribution in [2.24, 2.45) is 5.73 Å². The number of aromatic nitrogens is 1. The molecule has 3 heteroatoms. The van der Waals surface area contributed by atoms with Gasteiger partial charge in [-0.25, -0.2) is 0 Å². The average molecular weight is 208 g/mol. The smallest absolute Gasteiger partial charge is 0.248 e. The molecular weight excluding hydrogens is 188 g/mol. The van der Waals surface area contributed by atoms with Crippen LogP contribution in [0.1, 0.15) is 36.6 Å². The van der Waals surface area contributed by atoms with Gasteiger partial charge < -0.3 is 10.7 Å². The Bertz CT molecular complexity index is 355. The van der Waals surface area contributed by atoms with E-state index in [9.17, 15) is 4.79 Å². The number of aromatic amines is 1. The van der Waals surface area contributed by atoms with E-state index in [1.165, 1.54) is 5.56 Å². The van der Waals surface area contributed by atoms with Gasteiger partial charge >= 0.3 is 0 Å². The van der Waals surface area contributed by atoms with Crippen molar-refractivity contribution >= 4 is 0 Å². The summed E-state index contributed by atoms with van der Waals surface area (Å²) in [6.07, 6.45) is 2.98. The normalized spacial score (nSPS) is 12.8. The van der Waals surface area contributed by atoms with Crippen molar-refractivity contribution in [3.8, 4) is 0 Å². The predicted octanol–water partition coefficient (Wildman–Crippen LogP) is 1.66. The van der Waals surface area contributed by atoms with Crippen molar-refractivity contribution in [3.63, 3.8) is 0 Å². The zero-order chi connectivity index (χ0) is 11.4. The molecule has 0 saturated carbocycles. The van der Waals surface area contributed by atoms with Gasteiger partial charge in [-0.15, -0.1) is 0 Å². The third-order valence-corrected chi connectivity index (χ3v) is 2.71. The molecular formula is C12H20N2O. The van der Waals surface area contributed by atoms with E-state index in [-0.39, 0.29) is 11.6 Å². The maximum Gasteiger partial charge on any atom is 0.248 e. The van der Waals surface area contributed by atoms with Crippen LogP contribution in [0.4, 0.5) is 0 Å². The first-order chi connectivity index (χ1) is 7.04. The minimum atomic E-state index is -0.0298. The fraction of sp³-hybridized carbons (Fsp3) is 0.583. The highest BCUT2D eigenvalue weighted by Crippen LogP contribution is 2.12. The van der Waals surface area contributed by atoms with E-state index in [1.54, 1.807) is 6.07 Å². The zero-order valence-corrected chi connectivity index (χ0v) is 9.76. The predicted molar refractivity (Wildman–Crippen MR) is 63.1 cm³/mol. The van der Waals surface area contributed by atoms with Crippen molar-refractivity contribution in [1.29, 1.82) is 0 Å². The highest BCUT2D eigenvalue weighted by molar-refractivity contribution is 5.28. The standard InChI is InChI=1S/C12H20N2O/c1-4-5-10(13)7-11-8(2)6-12(15)14-9(11)3/h6,10H,4-5,7,13H2,1-3H3,(H,14,15). The first-order valence-corrected chi connectivity index (χ1v) is 5.49. The molecule has 3 nitrogen and oxygen atoms in total. The lowest BCUT2D eigenvalue weighted by Gasteiger charge is -2.14. The molecule has 0 aliphatic rings. The van der Waals surface area contributed by atoms with Gasteiger partial charge in [-0.3, -0.25) is 4.79 Å². The molecule has 0 aromatic carbocycles. The first kappa shape index (κ1) is 12.0. The summed E-state index contributed by atoms with van der Waals surface area (Å²) in [4.78, 5) is 14.0. The van der Waals surface area contributed by atoms with Crippen LogP contribution in [0.2, 0.25) is 0 Å². The van der Waals surface area contributed by atoms with Gasteiger partial charge in [0.2, 0.25) is 5.56 Å². The molecule has 0 spiro atoms. The van der Waals surface area contributed by atoms with Crippen LogP contribution in [-0.2, 0) is 6.42 Å². The second kappa shape index (κ2) is 5.12. The lowest BCUT2D eigenvalue weighted by Crippen LogP contribution is -2.24. The molecule has 0 aliphatic carbocycles. The summed E-state index contributed by atoms with van der Waals surface area (Å²) in [7, 11) is 0. The van der Waals surface area contributed by atoms with Gasteiger partial charge in [-0.1, -0.05) is 13.3 Å². The number of pyridine rings is 1. The number of hydrogen-bond donors (Lipinski definition) is 2. The second-order valence-electron chi connectivity index (χ2n) is 4.17. The van der Waals surface area contributed by atoms with E-state index in [0.717, 1.165) is 30.5 Å². The first-order valence-electron chi connectivity index (χ1n) is 5.49. The molecule has 1 aromatic rings. The third kappa shape index (κ3) is 3.20. The van der Waals surface area contributed by atoms with Crippen LogP contribution < -0.4 is 11.3 Å². The highest BCUT2D eigenvalue weighted by Gasteiger charge is 2.09. The Balaban J connectivity index is 2.90. The summed E-state index contributed by atoms with van der Waals surface area (Å²) in [5.41, 5.74) is 9.16. The van der Waals surface area contributed by atoms with Crippen LogP contribution in [-0.4, -0.2) is 11.0 Å². The Morgan fingerprint density at radius 3 is 2.67 bits per heavy atom. The minimum absolute atomic E-state index is 0.0298. The van der Waals surface area contributed by atoms with Crippen LogP contribution in [0.3, 0.4) is 0 Å². The largest absolute Gasteiger partial charge is 0.327 e. The molecule has 0 saturated heterocycles. The lowest BCUT2D eigenvalue weighted by molar-refractivity contribution is 0.596. The Morgan fingerprint density at radius 2 is 2.13 bits per heavy atom. The molecule has 3 N–H and O–H groups in total. The fourth-order valence-electron chi connectivity index (χ4n) is 1.92. The summed E-state index contributed by atoms with van der Waals surface area (Å²) in [6, 6.07) is 1.83. The highest BCUT2D eigenvalue weighted by atomic mass is 16.1. The van der Waals surface area contributed by atoms with Crippen LogP contribution >= 0.6 is 0 Å². The number of hydrogen-bond acceptors (Lipinski definition) is 2.